The zero-order valence-electron chi connectivity index (χ0n) is 8.93. The molecule has 0 radical (unpaired) electrons. The molecule has 0 bridgehead atoms. The highest BCUT2D eigenvalue weighted by Gasteiger charge is 2.16. The lowest BCUT2D eigenvalue weighted by atomic mass is 10.2. The van der Waals surface area contributed by atoms with Gasteiger partial charge in [-0.3, -0.25) is 0 Å². The number of nitrogens with one attached hydrogen (secondary N) is 1. The van der Waals surface area contributed by atoms with E-state index in [1.807, 2.05) is 0 Å². The van der Waals surface area contributed by atoms with Gasteiger partial charge in [0.25, 0.3) is 0 Å². The van der Waals surface area contributed by atoms with Crippen LogP contribution < -0.4 is 10.5 Å². The van der Waals surface area contributed by atoms with Crippen molar-refractivity contribution in [2.24, 2.45) is 0 Å². The molecule has 88 valence electrons. The number of hydrogen-bond acceptors (Lipinski definition) is 4. The largest absolute Gasteiger partial charge is 0.397 e. The van der Waals surface area contributed by atoms with Crippen molar-refractivity contribution in [2.45, 2.75) is 18.2 Å². The molecule has 0 saturated heterocycles. The normalized spacial score (nSPS) is 11.3. The molecule has 0 amide bonds. The molecule has 3 N–H and O–H groups in total. The summed E-state index contributed by atoms with van der Waals surface area (Å²) in [6.45, 7) is 2.06. The molecular formula is C10H14N2O2S2. The van der Waals surface area contributed by atoms with Crippen molar-refractivity contribution in [3.05, 3.63) is 23.8 Å². The molecule has 4 nitrogen and oxygen atoms in total. The molecule has 6 heteroatoms. The van der Waals surface area contributed by atoms with E-state index in [0.717, 1.165) is 5.56 Å². The predicted molar refractivity (Wildman–Crippen MR) is 69.1 cm³/mol. The number of hydrogen-bond donors (Lipinski definition) is 2. The Morgan fingerprint density at radius 1 is 1.50 bits per heavy atom. The Morgan fingerprint density at radius 3 is 2.81 bits per heavy atom. The van der Waals surface area contributed by atoms with Gasteiger partial charge in [-0.1, -0.05) is 24.4 Å². The summed E-state index contributed by atoms with van der Waals surface area (Å²) < 4.78 is 26.1. The number of sulfonamides is 1. The fourth-order valence-corrected chi connectivity index (χ4v) is 2.59. The fraction of sp³-hybridized carbons (Fsp3) is 0.300. The van der Waals surface area contributed by atoms with Crippen molar-refractivity contribution in [1.82, 2.24) is 4.72 Å². The molecule has 0 atom stereocenters. The summed E-state index contributed by atoms with van der Waals surface area (Å²) in [5.74, 6) is 0. The Hall–Kier alpha value is -0.980. The van der Waals surface area contributed by atoms with E-state index in [2.05, 4.69) is 16.9 Å². The standard InChI is InChI=1S/C10H14N2O2S2/c1-8-4-2-5-9(10(8)11)16(13,14)12-6-3-7-15/h2,4-5,7,12H,3,6,11H2,1H3. The van der Waals surface area contributed by atoms with Crippen molar-refractivity contribution in [3.8, 4) is 0 Å². The highest BCUT2D eigenvalue weighted by Crippen LogP contribution is 2.21. The maximum absolute atomic E-state index is 11.8. The SMILES string of the molecule is Cc1cccc(S(=O)(=O)NCCC=S)c1N. The molecule has 0 spiro atoms. The summed E-state index contributed by atoms with van der Waals surface area (Å²) in [7, 11) is -3.53. The molecule has 0 aliphatic carbocycles. The van der Waals surface area contributed by atoms with E-state index in [1.165, 1.54) is 11.4 Å². The highest BCUT2D eigenvalue weighted by atomic mass is 32.2. The third-order valence-corrected chi connectivity index (χ3v) is 3.88. The number of rotatable bonds is 5. The summed E-state index contributed by atoms with van der Waals surface area (Å²) in [6.07, 6.45) is 0.514. The molecule has 0 fully saturated rings. The average molecular weight is 258 g/mol. The number of benzene rings is 1. The number of nitrogen functional groups attached to an aromatic ring is 1. The Balaban J connectivity index is 2.98. The molecule has 0 heterocycles. The van der Waals surface area contributed by atoms with E-state index in [9.17, 15) is 8.42 Å². The van der Waals surface area contributed by atoms with Gasteiger partial charge in [0.2, 0.25) is 10.0 Å². The number of nitrogens with two attached hydrogens (primary N) is 1. The van der Waals surface area contributed by atoms with Gasteiger partial charge >= 0.3 is 0 Å². The second kappa shape index (κ2) is 5.38. The van der Waals surface area contributed by atoms with Crippen LogP contribution in [0.5, 0.6) is 0 Å². The summed E-state index contributed by atoms with van der Waals surface area (Å²) >= 11 is 4.62. The molecule has 0 aliphatic rings. The predicted octanol–water partition coefficient (Wildman–Crippen LogP) is 1.25. The molecule has 0 aliphatic heterocycles. The molecule has 0 aromatic heterocycles. The second-order valence-electron chi connectivity index (χ2n) is 3.34. The van der Waals surface area contributed by atoms with Gasteiger partial charge in [-0.2, -0.15) is 0 Å². The first-order chi connectivity index (χ1) is 7.49. The molecule has 1 aromatic rings. The highest BCUT2D eigenvalue weighted by molar-refractivity contribution is 7.89. The summed E-state index contributed by atoms with van der Waals surface area (Å²) in [4.78, 5) is 0.122. The zero-order chi connectivity index (χ0) is 12.2. The van der Waals surface area contributed by atoms with Crippen molar-refractivity contribution in [3.63, 3.8) is 0 Å². The lowest BCUT2D eigenvalue weighted by Crippen LogP contribution is -2.25. The van der Waals surface area contributed by atoms with Crippen LogP contribution in [0.15, 0.2) is 23.1 Å². The van der Waals surface area contributed by atoms with E-state index in [0.29, 0.717) is 13.0 Å². The first-order valence-electron chi connectivity index (χ1n) is 4.77. The van der Waals surface area contributed by atoms with Crippen LogP contribution in [0.1, 0.15) is 12.0 Å². The van der Waals surface area contributed by atoms with E-state index in [4.69, 9.17) is 5.73 Å². The number of para-hydroxylation sites is 1. The van der Waals surface area contributed by atoms with E-state index in [1.54, 1.807) is 19.1 Å². The summed E-state index contributed by atoms with van der Waals surface area (Å²) in [5.41, 5.74) is 6.76. The van der Waals surface area contributed by atoms with Gasteiger partial charge in [0.1, 0.15) is 4.90 Å². The van der Waals surface area contributed by atoms with Crippen LogP contribution >= 0.6 is 12.2 Å². The van der Waals surface area contributed by atoms with E-state index < -0.39 is 10.0 Å². The quantitative estimate of drug-likeness (QED) is 0.473. The van der Waals surface area contributed by atoms with Crippen molar-refractivity contribution >= 4 is 33.3 Å². The first-order valence-corrected chi connectivity index (χ1v) is 6.73. The van der Waals surface area contributed by atoms with E-state index >= 15 is 0 Å². The van der Waals surface area contributed by atoms with Gasteiger partial charge in [-0.25, -0.2) is 13.1 Å². The van der Waals surface area contributed by atoms with Gasteiger partial charge in [0, 0.05) is 6.54 Å². The maximum Gasteiger partial charge on any atom is 0.242 e. The number of anilines is 1. The lowest BCUT2D eigenvalue weighted by Gasteiger charge is -2.09. The molecule has 1 rings (SSSR count). The maximum atomic E-state index is 11.8. The first kappa shape index (κ1) is 13.1. The minimum atomic E-state index is -3.53. The van der Waals surface area contributed by atoms with Crippen LogP contribution in [0.25, 0.3) is 0 Å². The zero-order valence-corrected chi connectivity index (χ0v) is 10.6. The Bertz CT molecular complexity index is 484. The van der Waals surface area contributed by atoms with Crippen LogP contribution in [0, 0.1) is 6.92 Å². The van der Waals surface area contributed by atoms with Gasteiger partial charge < -0.3 is 5.73 Å². The van der Waals surface area contributed by atoms with E-state index in [-0.39, 0.29) is 10.6 Å². The summed E-state index contributed by atoms with van der Waals surface area (Å²) in [6, 6.07) is 4.92. The van der Waals surface area contributed by atoms with Crippen molar-refractivity contribution < 1.29 is 8.42 Å². The van der Waals surface area contributed by atoms with Gasteiger partial charge in [-0.05, 0) is 30.3 Å². The van der Waals surface area contributed by atoms with Gasteiger partial charge in [0.15, 0.2) is 0 Å². The second-order valence-corrected chi connectivity index (χ2v) is 5.41. The smallest absolute Gasteiger partial charge is 0.242 e. The van der Waals surface area contributed by atoms with Gasteiger partial charge in [0.05, 0.1) is 5.69 Å². The summed E-state index contributed by atoms with van der Waals surface area (Å²) in [5, 5.41) is 1.49. The fourth-order valence-electron chi connectivity index (χ4n) is 1.22. The molecule has 0 saturated carbocycles. The Morgan fingerprint density at radius 2 is 2.19 bits per heavy atom. The average Bonchev–Trinajstić information content (AvgIpc) is 2.22. The van der Waals surface area contributed by atoms with Crippen LogP contribution in [0.3, 0.4) is 0 Å². The molecule has 0 unspecified atom stereocenters. The lowest BCUT2D eigenvalue weighted by molar-refractivity contribution is 0.583. The van der Waals surface area contributed by atoms with Crippen LogP contribution in [0.2, 0.25) is 0 Å². The monoisotopic (exact) mass is 258 g/mol. The van der Waals surface area contributed by atoms with Crippen LogP contribution in [0.4, 0.5) is 5.69 Å². The van der Waals surface area contributed by atoms with Crippen LogP contribution in [-0.4, -0.2) is 20.3 Å². The van der Waals surface area contributed by atoms with Crippen LogP contribution in [-0.2, 0) is 10.0 Å². The minimum absolute atomic E-state index is 0.122. The topological polar surface area (TPSA) is 72.2 Å². The molecular weight excluding hydrogens is 244 g/mol. The third kappa shape index (κ3) is 3.01. The Kier molecular flexibility index (Phi) is 4.40. The number of thiocarbonyl (C=S) groups is 1. The van der Waals surface area contributed by atoms with Crippen molar-refractivity contribution in [2.75, 3.05) is 12.3 Å². The third-order valence-electron chi connectivity index (χ3n) is 2.13. The van der Waals surface area contributed by atoms with Crippen molar-refractivity contribution in [1.29, 1.82) is 0 Å². The minimum Gasteiger partial charge on any atom is -0.397 e. The molecule has 16 heavy (non-hydrogen) atoms. The Labute approximate surface area is 101 Å². The number of aryl methyl sites for hydroxylation is 1. The molecule has 1 aromatic carbocycles. The van der Waals surface area contributed by atoms with Gasteiger partial charge in [-0.15, -0.1) is 0 Å².